The first-order chi connectivity index (χ1) is 7.95. The number of hydrogen-bond acceptors (Lipinski definition) is 3. The molecule has 1 aromatic rings. The first kappa shape index (κ1) is 13.4. The van der Waals surface area contributed by atoms with Crippen molar-refractivity contribution in [2.75, 3.05) is 21.2 Å². The van der Waals surface area contributed by atoms with Crippen molar-refractivity contribution in [2.45, 2.75) is 12.8 Å². The molecule has 17 heavy (non-hydrogen) atoms. The minimum atomic E-state index is -0.483. The van der Waals surface area contributed by atoms with Crippen molar-refractivity contribution in [1.29, 1.82) is 0 Å². The molecule has 1 atom stereocenters. The third kappa shape index (κ3) is 3.42. The van der Waals surface area contributed by atoms with Crippen LogP contribution in [0.4, 0.5) is 4.39 Å². The van der Waals surface area contributed by atoms with Crippen molar-refractivity contribution in [2.24, 2.45) is 0 Å². The molecule has 0 heterocycles. The topological polar surface area (TPSA) is 41.6 Å². The van der Waals surface area contributed by atoms with Crippen molar-refractivity contribution >= 4 is 5.91 Å². The van der Waals surface area contributed by atoms with Crippen LogP contribution < -0.4 is 10.2 Å². The molecule has 0 saturated heterocycles. The molecule has 0 radical (unpaired) electrons. The minimum Gasteiger partial charge on any atom is -0.496 e. The van der Waals surface area contributed by atoms with Gasteiger partial charge in [0.15, 0.2) is 0 Å². The van der Waals surface area contributed by atoms with Crippen molar-refractivity contribution in [1.82, 2.24) is 10.4 Å². The lowest BCUT2D eigenvalue weighted by Gasteiger charge is -2.18. The molecule has 5 heteroatoms. The molecule has 0 saturated carbocycles. The highest BCUT2D eigenvalue weighted by Gasteiger charge is 2.20. The standard InChI is InChI=1S/C12H17FN2O2/c1-8(12(16)14-15(2)3)10-7-9(13)5-6-11(10)17-4/h5-8H,1-4H3,(H,14,16). The summed E-state index contributed by atoms with van der Waals surface area (Å²) >= 11 is 0. The van der Waals surface area contributed by atoms with Gasteiger partial charge in [0.05, 0.1) is 13.0 Å². The smallest absolute Gasteiger partial charge is 0.241 e. The molecule has 1 unspecified atom stereocenters. The maximum Gasteiger partial charge on any atom is 0.241 e. The predicted octanol–water partition coefficient (Wildman–Crippen LogP) is 1.53. The second-order valence-electron chi connectivity index (χ2n) is 3.98. The van der Waals surface area contributed by atoms with Gasteiger partial charge in [-0.25, -0.2) is 9.40 Å². The van der Waals surface area contributed by atoms with Gasteiger partial charge in [0.2, 0.25) is 5.91 Å². The van der Waals surface area contributed by atoms with Gasteiger partial charge >= 0.3 is 0 Å². The lowest BCUT2D eigenvalue weighted by molar-refractivity contribution is -0.126. The fourth-order valence-electron chi connectivity index (χ4n) is 1.50. The van der Waals surface area contributed by atoms with E-state index in [0.717, 1.165) is 0 Å². The van der Waals surface area contributed by atoms with Crippen LogP contribution >= 0.6 is 0 Å². The number of ether oxygens (including phenoxy) is 1. The molecule has 0 fully saturated rings. The SMILES string of the molecule is COc1ccc(F)cc1C(C)C(=O)NN(C)C. The zero-order chi connectivity index (χ0) is 13.0. The highest BCUT2D eigenvalue weighted by atomic mass is 19.1. The second-order valence-corrected chi connectivity index (χ2v) is 3.98. The van der Waals surface area contributed by atoms with E-state index in [2.05, 4.69) is 5.43 Å². The van der Waals surface area contributed by atoms with Gasteiger partial charge < -0.3 is 4.74 Å². The Balaban J connectivity index is 2.98. The normalized spacial score (nSPS) is 12.4. The number of carbonyl (C=O) groups excluding carboxylic acids is 1. The van der Waals surface area contributed by atoms with Crippen LogP contribution in [-0.4, -0.2) is 32.1 Å². The largest absolute Gasteiger partial charge is 0.496 e. The van der Waals surface area contributed by atoms with Crippen molar-refractivity contribution in [3.63, 3.8) is 0 Å². The van der Waals surface area contributed by atoms with E-state index in [1.54, 1.807) is 26.0 Å². The summed E-state index contributed by atoms with van der Waals surface area (Å²) < 4.78 is 18.3. The highest BCUT2D eigenvalue weighted by Crippen LogP contribution is 2.27. The molecule has 0 aliphatic carbocycles. The molecule has 0 aromatic heterocycles. The molecular formula is C12H17FN2O2. The van der Waals surface area contributed by atoms with E-state index in [9.17, 15) is 9.18 Å². The van der Waals surface area contributed by atoms with Gasteiger partial charge in [0.1, 0.15) is 11.6 Å². The van der Waals surface area contributed by atoms with Gasteiger partial charge in [-0.3, -0.25) is 10.2 Å². The summed E-state index contributed by atoms with van der Waals surface area (Å²) in [6.07, 6.45) is 0. The van der Waals surface area contributed by atoms with Crippen molar-refractivity contribution in [3.05, 3.63) is 29.6 Å². The molecule has 1 aromatic carbocycles. The Kier molecular flexibility index (Phi) is 4.45. The summed E-state index contributed by atoms with van der Waals surface area (Å²) in [5.41, 5.74) is 3.16. The first-order valence-electron chi connectivity index (χ1n) is 5.27. The molecule has 0 bridgehead atoms. The lowest BCUT2D eigenvalue weighted by Crippen LogP contribution is -2.38. The third-order valence-electron chi connectivity index (χ3n) is 2.39. The second kappa shape index (κ2) is 5.63. The number of rotatable bonds is 4. The zero-order valence-electron chi connectivity index (χ0n) is 10.5. The molecule has 1 amide bonds. The zero-order valence-corrected chi connectivity index (χ0v) is 10.5. The lowest BCUT2D eigenvalue weighted by atomic mass is 9.99. The molecule has 94 valence electrons. The van der Waals surface area contributed by atoms with E-state index < -0.39 is 5.92 Å². The number of methoxy groups -OCH3 is 1. The van der Waals surface area contributed by atoms with Crippen LogP contribution in [0.2, 0.25) is 0 Å². The van der Waals surface area contributed by atoms with Gasteiger partial charge in [-0.2, -0.15) is 0 Å². The number of nitrogens with zero attached hydrogens (tertiary/aromatic N) is 1. The van der Waals surface area contributed by atoms with Gasteiger partial charge in [0.25, 0.3) is 0 Å². The number of hydrogen-bond donors (Lipinski definition) is 1. The molecule has 1 rings (SSSR count). The van der Waals surface area contributed by atoms with E-state index >= 15 is 0 Å². The van der Waals surface area contributed by atoms with E-state index in [-0.39, 0.29) is 11.7 Å². The maximum atomic E-state index is 13.2. The quantitative estimate of drug-likeness (QED) is 0.811. The van der Waals surface area contributed by atoms with Crippen LogP contribution in [0.5, 0.6) is 5.75 Å². The highest BCUT2D eigenvalue weighted by molar-refractivity contribution is 5.83. The van der Waals surface area contributed by atoms with Crippen molar-refractivity contribution < 1.29 is 13.9 Å². The summed E-state index contributed by atoms with van der Waals surface area (Å²) in [4.78, 5) is 11.8. The average molecular weight is 240 g/mol. The minimum absolute atomic E-state index is 0.209. The van der Waals surface area contributed by atoms with Gasteiger partial charge in [-0.15, -0.1) is 0 Å². The molecule has 1 N–H and O–H groups in total. The summed E-state index contributed by atoms with van der Waals surface area (Å²) in [6, 6.07) is 4.14. The van der Waals surface area contributed by atoms with Crippen LogP contribution in [0.25, 0.3) is 0 Å². The van der Waals surface area contributed by atoms with E-state index in [1.807, 2.05) is 0 Å². The molecule has 0 spiro atoms. The third-order valence-corrected chi connectivity index (χ3v) is 2.39. The van der Waals surface area contributed by atoms with Crippen LogP contribution in [0.3, 0.4) is 0 Å². The Bertz CT molecular complexity index is 407. The molecule has 0 aliphatic heterocycles. The fraction of sp³-hybridized carbons (Fsp3) is 0.417. The van der Waals surface area contributed by atoms with E-state index in [1.165, 1.54) is 25.3 Å². The van der Waals surface area contributed by atoms with Gasteiger partial charge in [-0.1, -0.05) is 0 Å². The van der Waals surface area contributed by atoms with Crippen LogP contribution in [0, 0.1) is 5.82 Å². The number of halogens is 1. The Morgan fingerprint density at radius 3 is 2.65 bits per heavy atom. The number of amides is 1. The van der Waals surface area contributed by atoms with Crippen LogP contribution in [0.1, 0.15) is 18.4 Å². The monoisotopic (exact) mass is 240 g/mol. The Morgan fingerprint density at radius 1 is 1.47 bits per heavy atom. The maximum absolute atomic E-state index is 13.2. The average Bonchev–Trinajstić information content (AvgIpc) is 2.27. The number of hydrazine groups is 1. The predicted molar refractivity (Wildman–Crippen MR) is 63.2 cm³/mol. The van der Waals surface area contributed by atoms with Gasteiger partial charge in [0, 0.05) is 19.7 Å². The Labute approximate surface area is 100 Å². The van der Waals surface area contributed by atoms with Gasteiger partial charge in [-0.05, 0) is 25.1 Å². The summed E-state index contributed by atoms with van der Waals surface area (Å²) in [6.45, 7) is 1.70. The Morgan fingerprint density at radius 2 is 2.12 bits per heavy atom. The number of carbonyl (C=O) groups is 1. The van der Waals surface area contributed by atoms with E-state index in [0.29, 0.717) is 11.3 Å². The summed E-state index contributed by atoms with van der Waals surface area (Å²) in [5.74, 6) is -0.569. The van der Waals surface area contributed by atoms with Crippen LogP contribution in [0.15, 0.2) is 18.2 Å². The number of benzene rings is 1. The molecule has 4 nitrogen and oxygen atoms in total. The first-order valence-corrected chi connectivity index (χ1v) is 5.27. The van der Waals surface area contributed by atoms with Crippen molar-refractivity contribution in [3.8, 4) is 5.75 Å². The van der Waals surface area contributed by atoms with E-state index in [4.69, 9.17) is 4.74 Å². The Hall–Kier alpha value is -1.62. The fourth-order valence-corrected chi connectivity index (χ4v) is 1.50. The molecular weight excluding hydrogens is 223 g/mol. The van der Waals surface area contributed by atoms with Crippen LogP contribution in [-0.2, 0) is 4.79 Å². The summed E-state index contributed by atoms with van der Waals surface area (Å²) in [7, 11) is 4.92. The summed E-state index contributed by atoms with van der Waals surface area (Å²) in [5, 5.41) is 1.55. The molecule has 0 aliphatic rings. The number of nitrogens with one attached hydrogen (secondary N) is 1.